The van der Waals surface area contributed by atoms with E-state index in [1.165, 1.54) is 12.1 Å². The van der Waals surface area contributed by atoms with Gasteiger partial charge < -0.3 is 9.57 Å². The number of fused-ring (bicyclic) bond motifs is 1. The first kappa shape index (κ1) is 17.7. The number of ether oxygens (including phenoxy) is 1. The van der Waals surface area contributed by atoms with Crippen LogP contribution in [0.2, 0.25) is 0 Å². The second kappa shape index (κ2) is 7.39. The van der Waals surface area contributed by atoms with Gasteiger partial charge in [0.2, 0.25) is 0 Å². The molecule has 0 radical (unpaired) electrons. The summed E-state index contributed by atoms with van der Waals surface area (Å²) in [5.74, 6) is -0.802. The Kier molecular flexibility index (Phi) is 5.02. The first-order valence-corrected chi connectivity index (χ1v) is 8.36. The normalized spacial score (nSPS) is 13.1. The Morgan fingerprint density at radius 2 is 1.54 bits per heavy atom. The van der Waals surface area contributed by atoms with E-state index in [2.05, 4.69) is 13.8 Å². The predicted octanol–water partition coefficient (Wildman–Crippen LogP) is 3.02. The van der Waals surface area contributed by atoms with Crippen molar-refractivity contribution in [3.05, 3.63) is 65.2 Å². The van der Waals surface area contributed by atoms with Crippen molar-refractivity contribution >= 4 is 17.8 Å². The molecule has 0 saturated heterocycles. The second-order valence-electron chi connectivity index (χ2n) is 6.44. The molecule has 134 valence electrons. The standard InChI is InChI=1S/C20H19NO5/c1-13(2)12-25-15-9-7-14(8-10-15)11-18(22)26-21-19(23)16-5-3-4-6-17(16)20(21)24/h3-10,13H,11-12H2,1-2H3. The maximum Gasteiger partial charge on any atom is 0.337 e. The van der Waals surface area contributed by atoms with Crippen molar-refractivity contribution in [2.24, 2.45) is 5.92 Å². The molecule has 0 bridgehead atoms. The third kappa shape index (κ3) is 3.74. The lowest BCUT2D eigenvalue weighted by atomic mass is 10.1. The van der Waals surface area contributed by atoms with Gasteiger partial charge in [-0.1, -0.05) is 43.2 Å². The molecule has 0 spiro atoms. The minimum Gasteiger partial charge on any atom is -0.493 e. The molecule has 0 N–H and O–H groups in total. The Balaban J connectivity index is 1.60. The maximum absolute atomic E-state index is 12.2. The minimum atomic E-state index is -0.685. The zero-order valence-electron chi connectivity index (χ0n) is 14.6. The van der Waals surface area contributed by atoms with Gasteiger partial charge in [-0.2, -0.15) is 0 Å². The lowest BCUT2D eigenvalue weighted by molar-refractivity contribution is -0.167. The second-order valence-corrected chi connectivity index (χ2v) is 6.44. The van der Waals surface area contributed by atoms with E-state index >= 15 is 0 Å². The summed E-state index contributed by atoms with van der Waals surface area (Å²) in [6, 6.07) is 13.4. The van der Waals surface area contributed by atoms with Crippen LogP contribution in [0, 0.1) is 5.92 Å². The Hall–Kier alpha value is -3.15. The molecule has 0 fully saturated rings. The van der Waals surface area contributed by atoms with Crippen molar-refractivity contribution in [2.45, 2.75) is 20.3 Å². The Morgan fingerprint density at radius 1 is 0.962 bits per heavy atom. The van der Waals surface area contributed by atoms with Crippen LogP contribution in [0.15, 0.2) is 48.5 Å². The highest BCUT2D eigenvalue weighted by atomic mass is 16.7. The molecule has 1 heterocycles. The fourth-order valence-electron chi connectivity index (χ4n) is 2.52. The van der Waals surface area contributed by atoms with Crippen LogP contribution < -0.4 is 4.74 Å². The van der Waals surface area contributed by atoms with Gasteiger partial charge >= 0.3 is 5.97 Å². The van der Waals surface area contributed by atoms with Crippen LogP contribution in [0.1, 0.15) is 40.1 Å². The van der Waals surface area contributed by atoms with Crippen LogP contribution in [-0.2, 0) is 16.1 Å². The number of hydrogen-bond donors (Lipinski definition) is 0. The molecule has 0 atom stereocenters. The summed E-state index contributed by atoms with van der Waals surface area (Å²) in [6.07, 6.45) is -0.0577. The van der Waals surface area contributed by atoms with E-state index in [1.54, 1.807) is 36.4 Å². The fraction of sp³-hybridized carbons (Fsp3) is 0.250. The largest absolute Gasteiger partial charge is 0.493 e. The molecule has 2 amide bonds. The average molecular weight is 353 g/mol. The van der Waals surface area contributed by atoms with Gasteiger partial charge in [0.15, 0.2) is 0 Å². The maximum atomic E-state index is 12.2. The van der Waals surface area contributed by atoms with E-state index in [-0.39, 0.29) is 17.5 Å². The van der Waals surface area contributed by atoms with E-state index in [0.717, 1.165) is 5.75 Å². The smallest absolute Gasteiger partial charge is 0.337 e. The highest BCUT2D eigenvalue weighted by Crippen LogP contribution is 2.23. The van der Waals surface area contributed by atoms with Gasteiger partial charge in [-0.3, -0.25) is 9.59 Å². The molecular formula is C20H19NO5. The predicted molar refractivity (Wildman–Crippen MR) is 93.5 cm³/mol. The van der Waals surface area contributed by atoms with Crippen LogP contribution >= 0.6 is 0 Å². The molecule has 0 aromatic heterocycles. The van der Waals surface area contributed by atoms with Gasteiger partial charge in [0.25, 0.3) is 11.8 Å². The number of benzene rings is 2. The third-order valence-electron chi connectivity index (χ3n) is 3.81. The molecule has 6 nitrogen and oxygen atoms in total. The molecule has 2 aromatic rings. The molecular weight excluding hydrogens is 334 g/mol. The van der Waals surface area contributed by atoms with Crippen molar-refractivity contribution in [2.75, 3.05) is 6.61 Å². The monoisotopic (exact) mass is 353 g/mol. The average Bonchev–Trinajstić information content (AvgIpc) is 2.86. The zero-order chi connectivity index (χ0) is 18.7. The summed E-state index contributed by atoms with van der Waals surface area (Å²) in [6.45, 7) is 4.73. The van der Waals surface area contributed by atoms with Gasteiger partial charge in [-0.25, -0.2) is 4.79 Å². The van der Waals surface area contributed by atoms with E-state index in [1.807, 2.05) is 0 Å². The topological polar surface area (TPSA) is 72.9 Å². The Morgan fingerprint density at radius 3 is 2.08 bits per heavy atom. The van der Waals surface area contributed by atoms with Crippen molar-refractivity contribution < 1.29 is 24.0 Å². The number of hydrogen-bond acceptors (Lipinski definition) is 5. The molecule has 26 heavy (non-hydrogen) atoms. The summed E-state index contributed by atoms with van der Waals surface area (Å²) in [7, 11) is 0. The lowest BCUT2D eigenvalue weighted by Gasteiger charge is -2.13. The summed E-state index contributed by atoms with van der Waals surface area (Å²) < 4.78 is 5.59. The van der Waals surface area contributed by atoms with Crippen LogP contribution in [0.5, 0.6) is 5.75 Å². The van der Waals surface area contributed by atoms with Crippen molar-refractivity contribution in [3.8, 4) is 5.75 Å². The van der Waals surface area contributed by atoms with Crippen molar-refractivity contribution in [1.82, 2.24) is 5.06 Å². The first-order chi connectivity index (χ1) is 12.5. The summed E-state index contributed by atoms with van der Waals surface area (Å²) in [5, 5.41) is 0.521. The zero-order valence-corrected chi connectivity index (χ0v) is 14.6. The van der Waals surface area contributed by atoms with Gasteiger partial charge in [-0.05, 0) is 35.7 Å². The van der Waals surface area contributed by atoms with E-state index in [9.17, 15) is 14.4 Å². The lowest BCUT2D eigenvalue weighted by Crippen LogP contribution is -2.33. The van der Waals surface area contributed by atoms with Gasteiger partial charge in [0, 0.05) is 0 Å². The molecule has 3 rings (SSSR count). The van der Waals surface area contributed by atoms with E-state index < -0.39 is 17.8 Å². The first-order valence-electron chi connectivity index (χ1n) is 8.36. The number of nitrogens with zero attached hydrogens (tertiary/aromatic N) is 1. The number of amides is 2. The number of imide groups is 1. The molecule has 1 aliphatic heterocycles. The molecule has 1 aliphatic rings. The highest BCUT2D eigenvalue weighted by Gasteiger charge is 2.38. The summed E-state index contributed by atoms with van der Waals surface area (Å²) >= 11 is 0. The Bertz CT molecular complexity index is 807. The molecule has 0 aliphatic carbocycles. The quantitative estimate of drug-likeness (QED) is 0.747. The number of hydroxylamine groups is 2. The molecule has 0 saturated carbocycles. The van der Waals surface area contributed by atoms with Crippen LogP contribution in [0.4, 0.5) is 0 Å². The van der Waals surface area contributed by atoms with E-state index in [4.69, 9.17) is 9.57 Å². The van der Waals surface area contributed by atoms with Crippen LogP contribution in [0.3, 0.4) is 0 Å². The third-order valence-corrected chi connectivity index (χ3v) is 3.81. The van der Waals surface area contributed by atoms with Crippen LogP contribution in [-0.4, -0.2) is 29.5 Å². The number of carbonyl (C=O) groups excluding carboxylic acids is 3. The minimum absolute atomic E-state index is 0.0577. The fourth-order valence-corrected chi connectivity index (χ4v) is 2.52. The van der Waals surface area contributed by atoms with Crippen LogP contribution in [0.25, 0.3) is 0 Å². The van der Waals surface area contributed by atoms with Gasteiger partial charge in [-0.15, -0.1) is 0 Å². The molecule has 2 aromatic carbocycles. The number of rotatable bonds is 6. The molecule has 6 heteroatoms. The molecule has 0 unspecified atom stereocenters. The Labute approximate surface area is 151 Å². The summed E-state index contributed by atoms with van der Waals surface area (Å²) in [4.78, 5) is 41.5. The SMILES string of the molecule is CC(C)COc1ccc(CC(=O)ON2C(=O)c3ccccc3C2=O)cc1. The van der Waals surface area contributed by atoms with Gasteiger partial charge in [0.1, 0.15) is 5.75 Å². The van der Waals surface area contributed by atoms with Crippen molar-refractivity contribution in [3.63, 3.8) is 0 Å². The number of carbonyl (C=O) groups is 3. The van der Waals surface area contributed by atoms with Crippen molar-refractivity contribution in [1.29, 1.82) is 0 Å². The van der Waals surface area contributed by atoms with E-state index in [0.29, 0.717) is 23.2 Å². The summed E-state index contributed by atoms with van der Waals surface area (Å²) in [5.41, 5.74) is 1.16. The highest BCUT2D eigenvalue weighted by molar-refractivity contribution is 6.20. The van der Waals surface area contributed by atoms with Gasteiger partial charge in [0.05, 0.1) is 24.2 Å².